The van der Waals surface area contributed by atoms with Gasteiger partial charge in [0.15, 0.2) is 0 Å². The molecule has 0 aromatic carbocycles. The third-order valence-electron chi connectivity index (χ3n) is 3.94. The first kappa shape index (κ1) is 18.0. The summed E-state index contributed by atoms with van der Waals surface area (Å²) in [4.78, 5) is 0. The fourth-order valence-electron chi connectivity index (χ4n) is 2.86. The summed E-state index contributed by atoms with van der Waals surface area (Å²) in [6.45, 7) is 11.8. The second-order valence-electron chi connectivity index (χ2n) is 6.92. The van der Waals surface area contributed by atoms with Crippen LogP contribution in [-0.2, 0) is 0 Å². The molecule has 0 nitrogen and oxygen atoms in total. The summed E-state index contributed by atoms with van der Waals surface area (Å²) in [5.74, 6) is 1.73. The largest absolute Gasteiger partial charge is 0.0654 e. The Morgan fingerprint density at radius 3 is 1.94 bits per heavy atom. The molecule has 0 aliphatic carbocycles. The smallest absolute Gasteiger partial charge is 0.0267 e. The molecule has 1 radical (unpaired) electrons. The fraction of sp³-hybridized carbons (Fsp3) is 0.944. The summed E-state index contributed by atoms with van der Waals surface area (Å²) in [7, 11) is 0. The standard InChI is InChI=1S/C18H37/c1-6-8-10-11-12-13-14-17(3)16-18(4,5)15-9-7-2/h6-16H2,1-5H3. The van der Waals surface area contributed by atoms with Crippen LogP contribution in [0, 0.1) is 11.3 Å². The number of rotatable bonds is 12. The monoisotopic (exact) mass is 253 g/mol. The minimum Gasteiger partial charge on any atom is -0.0654 e. The molecule has 0 saturated heterocycles. The Kier molecular flexibility index (Phi) is 10.9. The van der Waals surface area contributed by atoms with Crippen molar-refractivity contribution in [2.45, 2.75) is 105 Å². The summed E-state index contributed by atoms with van der Waals surface area (Å²) in [6.07, 6.45) is 15.3. The molecule has 0 aromatic rings. The van der Waals surface area contributed by atoms with Crippen LogP contribution in [0.3, 0.4) is 0 Å². The van der Waals surface area contributed by atoms with Crippen molar-refractivity contribution in [1.82, 2.24) is 0 Å². The lowest BCUT2D eigenvalue weighted by molar-refractivity contribution is 0.299. The number of unbranched alkanes of at least 4 members (excludes halogenated alkanes) is 6. The Bertz CT molecular complexity index is 169. The van der Waals surface area contributed by atoms with Crippen LogP contribution in [-0.4, -0.2) is 0 Å². The first-order chi connectivity index (χ1) is 8.52. The minimum absolute atomic E-state index is 0.530. The topological polar surface area (TPSA) is 0 Å². The first-order valence-corrected chi connectivity index (χ1v) is 8.33. The highest BCUT2D eigenvalue weighted by molar-refractivity contribution is 4.90. The van der Waals surface area contributed by atoms with Gasteiger partial charge in [0.25, 0.3) is 0 Å². The van der Waals surface area contributed by atoms with Crippen molar-refractivity contribution >= 4 is 0 Å². The molecule has 0 saturated carbocycles. The molecule has 0 fully saturated rings. The van der Waals surface area contributed by atoms with Gasteiger partial charge in [0.1, 0.15) is 0 Å². The van der Waals surface area contributed by atoms with Gasteiger partial charge >= 0.3 is 0 Å². The van der Waals surface area contributed by atoms with E-state index in [1.807, 2.05) is 0 Å². The molecule has 0 unspecified atom stereocenters. The molecule has 0 aromatic heterocycles. The highest BCUT2D eigenvalue weighted by atomic mass is 14.3. The molecule has 0 heteroatoms. The van der Waals surface area contributed by atoms with E-state index in [9.17, 15) is 0 Å². The average molecular weight is 253 g/mol. The van der Waals surface area contributed by atoms with Crippen LogP contribution in [0.5, 0.6) is 0 Å². The molecule has 0 aliphatic rings. The summed E-state index contributed by atoms with van der Waals surface area (Å²) in [6, 6.07) is 0. The summed E-state index contributed by atoms with van der Waals surface area (Å²) in [5.41, 5.74) is 0.530. The quantitative estimate of drug-likeness (QED) is 0.330. The third-order valence-corrected chi connectivity index (χ3v) is 3.94. The van der Waals surface area contributed by atoms with Gasteiger partial charge in [0.2, 0.25) is 0 Å². The highest BCUT2D eigenvalue weighted by Gasteiger charge is 2.20. The zero-order chi connectivity index (χ0) is 13.9. The maximum Gasteiger partial charge on any atom is -0.0267 e. The zero-order valence-corrected chi connectivity index (χ0v) is 13.8. The molecule has 0 spiro atoms. The van der Waals surface area contributed by atoms with Crippen LogP contribution in [0.15, 0.2) is 0 Å². The average Bonchev–Trinajstić information content (AvgIpc) is 2.30. The van der Waals surface area contributed by atoms with Gasteiger partial charge in [0, 0.05) is 0 Å². The van der Waals surface area contributed by atoms with Crippen molar-refractivity contribution < 1.29 is 0 Å². The molecular formula is C18H37. The van der Waals surface area contributed by atoms with Crippen LogP contribution in [0.25, 0.3) is 0 Å². The number of hydrogen-bond acceptors (Lipinski definition) is 0. The first-order valence-electron chi connectivity index (χ1n) is 8.33. The van der Waals surface area contributed by atoms with Gasteiger partial charge in [0.05, 0.1) is 0 Å². The Labute approximate surface area is 117 Å². The van der Waals surface area contributed by atoms with Crippen molar-refractivity contribution in [3.05, 3.63) is 5.92 Å². The molecule has 18 heavy (non-hydrogen) atoms. The molecule has 0 aliphatic heterocycles. The van der Waals surface area contributed by atoms with Gasteiger partial charge in [-0.1, -0.05) is 86.0 Å². The maximum atomic E-state index is 2.44. The van der Waals surface area contributed by atoms with Crippen LogP contribution in [0.1, 0.15) is 105 Å². The van der Waals surface area contributed by atoms with E-state index in [-0.39, 0.29) is 0 Å². The van der Waals surface area contributed by atoms with Gasteiger partial charge in [-0.3, -0.25) is 0 Å². The van der Waals surface area contributed by atoms with Crippen LogP contribution < -0.4 is 0 Å². The van der Waals surface area contributed by atoms with E-state index in [4.69, 9.17) is 0 Å². The summed E-state index contributed by atoms with van der Waals surface area (Å²) in [5, 5.41) is 0. The predicted octanol–water partition coefficient (Wildman–Crippen LogP) is 6.94. The third kappa shape index (κ3) is 11.1. The molecule has 0 bridgehead atoms. The fourth-order valence-corrected chi connectivity index (χ4v) is 2.86. The lowest BCUT2D eigenvalue weighted by Gasteiger charge is -2.27. The molecule has 0 rings (SSSR count). The Balaban J connectivity index is 3.54. The highest BCUT2D eigenvalue weighted by Crippen LogP contribution is 2.33. The van der Waals surface area contributed by atoms with Crippen molar-refractivity contribution in [3.8, 4) is 0 Å². The second-order valence-corrected chi connectivity index (χ2v) is 6.92. The normalized spacial score (nSPS) is 12.3. The van der Waals surface area contributed by atoms with E-state index < -0.39 is 0 Å². The van der Waals surface area contributed by atoms with Crippen molar-refractivity contribution in [2.24, 2.45) is 5.41 Å². The van der Waals surface area contributed by atoms with E-state index in [0.29, 0.717) is 5.41 Å². The lowest BCUT2D eigenvalue weighted by Crippen LogP contribution is -2.14. The van der Waals surface area contributed by atoms with Gasteiger partial charge in [-0.05, 0) is 30.6 Å². The Morgan fingerprint density at radius 2 is 1.33 bits per heavy atom. The van der Waals surface area contributed by atoms with E-state index in [1.54, 1.807) is 5.92 Å². The Morgan fingerprint density at radius 1 is 0.778 bits per heavy atom. The van der Waals surface area contributed by atoms with Gasteiger partial charge in [-0.25, -0.2) is 0 Å². The van der Waals surface area contributed by atoms with Gasteiger partial charge in [-0.2, -0.15) is 0 Å². The van der Waals surface area contributed by atoms with Crippen LogP contribution in [0.2, 0.25) is 0 Å². The van der Waals surface area contributed by atoms with Gasteiger partial charge in [-0.15, -0.1) is 0 Å². The van der Waals surface area contributed by atoms with E-state index in [0.717, 1.165) is 0 Å². The molecule has 0 atom stereocenters. The van der Waals surface area contributed by atoms with E-state index in [1.165, 1.54) is 70.6 Å². The van der Waals surface area contributed by atoms with E-state index in [2.05, 4.69) is 34.6 Å². The molecule has 0 N–H and O–H groups in total. The second kappa shape index (κ2) is 10.9. The van der Waals surface area contributed by atoms with E-state index >= 15 is 0 Å². The zero-order valence-electron chi connectivity index (χ0n) is 13.8. The molecule has 109 valence electrons. The van der Waals surface area contributed by atoms with Crippen LogP contribution >= 0.6 is 0 Å². The molecule has 0 amide bonds. The molecular weight excluding hydrogens is 216 g/mol. The van der Waals surface area contributed by atoms with Crippen molar-refractivity contribution in [3.63, 3.8) is 0 Å². The van der Waals surface area contributed by atoms with Crippen LogP contribution in [0.4, 0.5) is 0 Å². The summed E-state index contributed by atoms with van der Waals surface area (Å²) < 4.78 is 0. The van der Waals surface area contributed by atoms with Crippen molar-refractivity contribution in [1.29, 1.82) is 0 Å². The SMILES string of the molecule is CCCCCCCC[C](C)CC(C)(C)CCCC. The van der Waals surface area contributed by atoms with Gasteiger partial charge < -0.3 is 0 Å². The lowest BCUT2D eigenvalue weighted by atomic mass is 9.78. The Hall–Kier alpha value is 0. The number of hydrogen-bond donors (Lipinski definition) is 0. The summed E-state index contributed by atoms with van der Waals surface area (Å²) >= 11 is 0. The molecule has 0 heterocycles. The predicted molar refractivity (Wildman–Crippen MR) is 84.8 cm³/mol. The minimum atomic E-state index is 0.530. The maximum absolute atomic E-state index is 2.44. The van der Waals surface area contributed by atoms with Crippen molar-refractivity contribution in [2.75, 3.05) is 0 Å².